The predicted molar refractivity (Wildman–Crippen MR) is 110 cm³/mol. The van der Waals surface area contributed by atoms with E-state index in [1.807, 2.05) is 24.3 Å². The molecular weight excluding hydrogens is 376 g/mol. The van der Waals surface area contributed by atoms with E-state index in [1.54, 1.807) is 14.1 Å². The molecule has 1 N–H and O–H groups in total. The smallest absolute Gasteiger partial charge is 0.267 e. The fourth-order valence-electron chi connectivity index (χ4n) is 3.40. The fourth-order valence-corrected chi connectivity index (χ4v) is 3.57. The Morgan fingerprint density at radius 3 is 2.36 bits per heavy atom. The molecule has 0 fully saturated rings. The van der Waals surface area contributed by atoms with Crippen LogP contribution in [0.3, 0.4) is 0 Å². The highest BCUT2D eigenvalue weighted by atomic mass is 32.1. The second-order valence-corrected chi connectivity index (χ2v) is 7.72. The van der Waals surface area contributed by atoms with Crippen LogP contribution in [0.4, 0.5) is 0 Å². The van der Waals surface area contributed by atoms with Crippen LogP contribution >= 0.6 is 12.2 Å². The summed E-state index contributed by atoms with van der Waals surface area (Å²) in [5, 5.41) is 16.3. The van der Waals surface area contributed by atoms with Crippen LogP contribution in [0.25, 0.3) is 0 Å². The maximum absolute atomic E-state index is 12.7. The Kier molecular flexibility index (Phi) is 5.25. The van der Waals surface area contributed by atoms with Gasteiger partial charge in [0.15, 0.2) is 4.77 Å². The normalized spacial score (nSPS) is 16.6. The maximum atomic E-state index is 12.7. The lowest BCUT2D eigenvalue weighted by atomic mass is 9.96. The molecule has 0 radical (unpaired) electrons. The van der Waals surface area contributed by atoms with Crippen LogP contribution in [0.15, 0.2) is 34.2 Å². The minimum atomic E-state index is -0.432. The van der Waals surface area contributed by atoms with Gasteiger partial charge in [0.1, 0.15) is 5.56 Å². The Balaban J connectivity index is 2.07. The lowest BCUT2D eigenvalue weighted by Gasteiger charge is -2.21. The van der Waals surface area contributed by atoms with Crippen molar-refractivity contribution in [3.63, 3.8) is 0 Å². The Morgan fingerprint density at radius 1 is 1.21 bits per heavy atom. The summed E-state index contributed by atoms with van der Waals surface area (Å²) in [4.78, 5) is 24.9. The van der Waals surface area contributed by atoms with Crippen molar-refractivity contribution in [2.75, 3.05) is 0 Å². The zero-order valence-electron chi connectivity index (χ0n) is 16.6. The van der Waals surface area contributed by atoms with Gasteiger partial charge in [-0.3, -0.25) is 18.7 Å². The van der Waals surface area contributed by atoms with Crippen molar-refractivity contribution in [2.45, 2.75) is 39.2 Å². The summed E-state index contributed by atoms with van der Waals surface area (Å²) in [6.45, 7) is 5.68. The van der Waals surface area contributed by atoms with Crippen molar-refractivity contribution in [1.29, 1.82) is 0 Å². The summed E-state index contributed by atoms with van der Waals surface area (Å²) < 4.78 is 2.85. The van der Waals surface area contributed by atoms with Gasteiger partial charge >= 0.3 is 0 Å². The lowest BCUT2D eigenvalue weighted by molar-refractivity contribution is -0.130. The van der Waals surface area contributed by atoms with Crippen LogP contribution in [0, 0.1) is 4.77 Å². The molecule has 1 atom stereocenters. The van der Waals surface area contributed by atoms with Crippen molar-refractivity contribution in [3.05, 3.63) is 56.1 Å². The molecule has 1 amide bonds. The second kappa shape index (κ2) is 7.35. The van der Waals surface area contributed by atoms with Crippen molar-refractivity contribution < 1.29 is 9.90 Å². The van der Waals surface area contributed by atoms with E-state index in [9.17, 15) is 14.7 Å². The molecule has 7 nitrogen and oxygen atoms in total. The van der Waals surface area contributed by atoms with Crippen molar-refractivity contribution >= 4 is 23.8 Å². The van der Waals surface area contributed by atoms with E-state index in [0.29, 0.717) is 18.1 Å². The van der Waals surface area contributed by atoms with Gasteiger partial charge in [0.05, 0.1) is 11.8 Å². The summed E-state index contributed by atoms with van der Waals surface area (Å²) in [5.74, 6) is -0.0649. The molecule has 1 aliphatic rings. The van der Waals surface area contributed by atoms with Gasteiger partial charge in [-0.05, 0) is 29.3 Å². The minimum Gasteiger partial charge on any atom is -0.494 e. The number of aromatic hydroxyl groups is 1. The number of hydrazone groups is 1. The monoisotopic (exact) mass is 400 g/mol. The van der Waals surface area contributed by atoms with Crippen LogP contribution < -0.4 is 5.56 Å². The molecule has 148 valence electrons. The van der Waals surface area contributed by atoms with Gasteiger partial charge in [0, 0.05) is 27.4 Å². The molecule has 0 saturated carbocycles. The molecule has 0 bridgehead atoms. The first kappa shape index (κ1) is 20.0. The first-order chi connectivity index (χ1) is 13.1. The van der Waals surface area contributed by atoms with E-state index in [0.717, 1.165) is 5.56 Å². The molecule has 0 unspecified atom stereocenters. The topological polar surface area (TPSA) is 79.8 Å². The number of hydrogen-bond acceptors (Lipinski definition) is 5. The fraction of sp³-hybridized carbons (Fsp3) is 0.400. The highest BCUT2D eigenvalue weighted by Crippen LogP contribution is 2.34. The molecule has 0 aliphatic carbocycles. The van der Waals surface area contributed by atoms with Crippen LogP contribution in [0.5, 0.6) is 5.88 Å². The van der Waals surface area contributed by atoms with E-state index in [2.05, 4.69) is 18.9 Å². The SMILES string of the molecule is CC(=O)N1N=C(c2c(O)n(C)c(=S)n(C)c2=O)C[C@H]1c1ccc(C(C)C)cc1. The number of carbonyl (C=O) groups excluding carboxylic acids is 1. The van der Waals surface area contributed by atoms with Gasteiger partial charge in [-0.25, -0.2) is 5.01 Å². The summed E-state index contributed by atoms with van der Waals surface area (Å²) in [6.07, 6.45) is 0.334. The lowest BCUT2D eigenvalue weighted by Crippen LogP contribution is -2.28. The first-order valence-corrected chi connectivity index (χ1v) is 9.50. The quantitative estimate of drug-likeness (QED) is 0.804. The Bertz CT molecular complexity index is 1080. The van der Waals surface area contributed by atoms with E-state index < -0.39 is 5.56 Å². The molecule has 1 aliphatic heterocycles. The van der Waals surface area contributed by atoms with Gasteiger partial charge in [0.25, 0.3) is 5.56 Å². The van der Waals surface area contributed by atoms with E-state index in [-0.39, 0.29) is 28.2 Å². The summed E-state index contributed by atoms with van der Waals surface area (Å²) in [6, 6.07) is 7.72. The highest BCUT2D eigenvalue weighted by molar-refractivity contribution is 7.71. The van der Waals surface area contributed by atoms with Gasteiger partial charge in [0.2, 0.25) is 11.8 Å². The number of aromatic nitrogens is 2. The van der Waals surface area contributed by atoms with Crippen LogP contribution in [-0.4, -0.2) is 30.9 Å². The molecule has 1 aromatic heterocycles. The third-order valence-electron chi connectivity index (χ3n) is 5.14. The molecule has 3 rings (SSSR count). The van der Waals surface area contributed by atoms with Crippen LogP contribution in [0.2, 0.25) is 0 Å². The number of nitrogens with zero attached hydrogens (tertiary/aromatic N) is 4. The van der Waals surface area contributed by atoms with Crippen molar-refractivity contribution in [1.82, 2.24) is 14.1 Å². The van der Waals surface area contributed by atoms with Gasteiger partial charge in [-0.1, -0.05) is 38.1 Å². The molecule has 8 heteroatoms. The van der Waals surface area contributed by atoms with Gasteiger partial charge < -0.3 is 5.11 Å². The third kappa shape index (κ3) is 3.28. The molecule has 0 spiro atoms. The number of carbonyl (C=O) groups is 1. The Hall–Kier alpha value is -2.74. The Morgan fingerprint density at radius 2 is 1.82 bits per heavy atom. The summed E-state index contributed by atoms with van der Waals surface area (Å²) >= 11 is 5.16. The Labute approximate surface area is 168 Å². The van der Waals surface area contributed by atoms with Crippen molar-refractivity contribution in [3.8, 4) is 5.88 Å². The molecule has 28 heavy (non-hydrogen) atoms. The number of amides is 1. The predicted octanol–water partition coefficient (Wildman–Crippen LogP) is 2.98. The molecule has 1 aromatic carbocycles. The number of hydrogen-bond donors (Lipinski definition) is 1. The highest BCUT2D eigenvalue weighted by Gasteiger charge is 2.34. The van der Waals surface area contributed by atoms with E-state index in [1.165, 1.54) is 26.6 Å². The standard InChI is InChI=1S/C20H24N4O3S/c1-11(2)13-6-8-14(9-7-13)16-10-15(21-24(16)12(3)25)17-18(26)22(4)20(28)23(5)19(17)27/h6-9,11,16,26H,10H2,1-5H3/t16-/m0/s1. The number of benzene rings is 1. The number of rotatable bonds is 3. The molecular formula is C20H24N4O3S. The average Bonchev–Trinajstić information content (AvgIpc) is 3.10. The largest absolute Gasteiger partial charge is 0.494 e. The molecule has 2 aromatic rings. The summed E-state index contributed by atoms with van der Waals surface area (Å²) in [7, 11) is 3.13. The zero-order valence-corrected chi connectivity index (χ0v) is 17.4. The minimum absolute atomic E-state index is 0.0751. The second-order valence-electron chi connectivity index (χ2n) is 7.36. The van der Waals surface area contributed by atoms with Crippen LogP contribution in [0.1, 0.15) is 55.8 Å². The summed E-state index contributed by atoms with van der Waals surface area (Å²) in [5.41, 5.74) is 2.15. The van der Waals surface area contributed by atoms with Crippen LogP contribution in [-0.2, 0) is 18.9 Å². The third-order valence-corrected chi connectivity index (χ3v) is 5.69. The van der Waals surface area contributed by atoms with E-state index in [4.69, 9.17) is 12.2 Å². The van der Waals surface area contributed by atoms with E-state index >= 15 is 0 Å². The molecule has 0 saturated heterocycles. The zero-order chi connectivity index (χ0) is 20.7. The van der Waals surface area contributed by atoms with Gasteiger partial charge in [-0.15, -0.1) is 0 Å². The molecule has 2 heterocycles. The average molecular weight is 401 g/mol. The van der Waals surface area contributed by atoms with Crippen molar-refractivity contribution in [2.24, 2.45) is 19.2 Å². The van der Waals surface area contributed by atoms with Gasteiger partial charge in [-0.2, -0.15) is 5.10 Å². The maximum Gasteiger partial charge on any atom is 0.267 e. The first-order valence-electron chi connectivity index (χ1n) is 9.10.